The lowest BCUT2D eigenvalue weighted by Crippen LogP contribution is -2.41. The number of hydrogen-bond donors (Lipinski definition) is 0. The van der Waals surface area contributed by atoms with Crippen LogP contribution in [0.5, 0.6) is 5.75 Å². The monoisotopic (exact) mass is 360 g/mol. The molecule has 1 saturated carbocycles. The van der Waals surface area contributed by atoms with Gasteiger partial charge < -0.3 is 18.8 Å². The van der Waals surface area contributed by atoms with E-state index in [0.717, 1.165) is 24.1 Å². The Hall–Kier alpha value is -1.53. The predicted octanol–water partition coefficient (Wildman–Crippen LogP) is 3.05. The fourth-order valence-electron chi connectivity index (χ4n) is 3.65. The van der Waals surface area contributed by atoms with Crippen LogP contribution in [0, 0.1) is 5.92 Å². The SMILES string of the molecule is COC(=O)C[C@H]1C[C@@H](c2ccc(OC)c(B3OC(C)(C)C(C)(C)O3)c2)C1. The van der Waals surface area contributed by atoms with Gasteiger partial charge in [-0.3, -0.25) is 4.79 Å². The summed E-state index contributed by atoms with van der Waals surface area (Å²) in [5.41, 5.74) is 1.40. The minimum Gasteiger partial charge on any atom is -0.497 e. The van der Waals surface area contributed by atoms with Gasteiger partial charge in [0.1, 0.15) is 5.75 Å². The lowest BCUT2D eigenvalue weighted by Gasteiger charge is -2.35. The Morgan fingerprint density at radius 1 is 1.15 bits per heavy atom. The molecule has 0 spiro atoms. The van der Waals surface area contributed by atoms with Gasteiger partial charge in [0.05, 0.1) is 25.4 Å². The molecule has 0 bridgehead atoms. The minimum absolute atomic E-state index is 0.124. The highest BCUT2D eigenvalue weighted by Crippen LogP contribution is 2.44. The average molecular weight is 360 g/mol. The van der Waals surface area contributed by atoms with Crippen LogP contribution in [-0.2, 0) is 18.8 Å². The smallest absolute Gasteiger partial charge is 0.497 e. The van der Waals surface area contributed by atoms with E-state index < -0.39 is 7.12 Å². The molecule has 26 heavy (non-hydrogen) atoms. The van der Waals surface area contributed by atoms with Gasteiger partial charge in [0.2, 0.25) is 0 Å². The first-order valence-electron chi connectivity index (χ1n) is 9.27. The lowest BCUT2D eigenvalue weighted by atomic mass is 9.68. The Kier molecular flexibility index (Phi) is 5.10. The molecule has 5 nitrogen and oxygen atoms in total. The Morgan fingerprint density at radius 3 is 2.31 bits per heavy atom. The minimum atomic E-state index is -0.444. The number of ether oxygens (including phenoxy) is 2. The van der Waals surface area contributed by atoms with Gasteiger partial charge in [0, 0.05) is 11.9 Å². The van der Waals surface area contributed by atoms with Gasteiger partial charge in [-0.2, -0.15) is 0 Å². The molecule has 1 aliphatic heterocycles. The number of methoxy groups -OCH3 is 2. The van der Waals surface area contributed by atoms with Crippen LogP contribution in [0.25, 0.3) is 0 Å². The predicted molar refractivity (Wildman–Crippen MR) is 101 cm³/mol. The number of benzene rings is 1. The summed E-state index contributed by atoms with van der Waals surface area (Å²) in [4.78, 5) is 11.4. The lowest BCUT2D eigenvalue weighted by molar-refractivity contribution is -0.142. The van der Waals surface area contributed by atoms with E-state index in [2.05, 4.69) is 12.1 Å². The van der Waals surface area contributed by atoms with Gasteiger partial charge in [-0.05, 0) is 64.0 Å². The molecule has 0 unspecified atom stereocenters. The topological polar surface area (TPSA) is 54.0 Å². The quantitative estimate of drug-likeness (QED) is 0.597. The molecule has 1 saturated heterocycles. The van der Waals surface area contributed by atoms with Crippen molar-refractivity contribution >= 4 is 18.6 Å². The number of rotatable bonds is 5. The molecule has 2 fully saturated rings. The van der Waals surface area contributed by atoms with Crippen LogP contribution >= 0.6 is 0 Å². The van der Waals surface area contributed by atoms with Crippen LogP contribution in [0.4, 0.5) is 0 Å². The van der Waals surface area contributed by atoms with E-state index in [9.17, 15) is 4.79 Å². The highest BCUT2D eigenvalue weighted by Gasteiger charge is 2.52. The fraction of sp³-hybridized carbons (Fsp3) is 0.650. The Bertz CT molecular complexity index is 663. The first-order chi connectivity index (χ1) is 12.2. The van der Waals surface area contributed by atoms with Crippen molar-refractivity contribution in [3.63, 3.8) is 0 Å². The van der Waals surface area contributed by atoms with Crippen molar-refractivity contribution in [2.24, 2.45) is 5.92 Å². The summed E-state index contributed by atoms with van der Waals surface area (Å²) in [5, 5.41) is 0. The molecule has 1 heterocycles. The summed E-state index contributed by atoms with van der Waals surface area (Å²) in [6, 6.07) is 6.23. The Morgan fingerprint density at radius 2 is 1.77 bits per heavy atom. The van der Waals surface area contributed by atoms with E-state index in [-0.39, 0.29) is 17.2 Å². The first-order valence-corrected chi connectivity index (χ1v) is 9.27. The van der Waals surface area contributed by atoms with Gasteiger partial charge in [0.25, 0.3) is 0 Å². The maximum absolute atomic E-state index is 11.4. The maximum atomic E-state index is 11.4. The van der Waals surface area contributed by atoms with Crippen molar-refractivity contribution in [3.8, 4) is 5.75 Å². The third kappa shape index (κ3) is 3.49. The molecular weight excluding hydrogens is 331 g/mol. The zero-order valence-electron chi connectivity index (χ0n) is 16.6. The summed E-state index contributed by atoms with van der Waals surface area (Å²) in [5.74, 6) is 1.52. The molecule has 3 rings (SSSR count). The number of carbonyl (C=O) groups excluding carboxylic acids is 1. The molecule has 1 aromatic rings. The molecule has 0 amide bonds. The van der Waals surface area contributed by atoms with Crippen LogP contribution < -0.4 is 10.2 Å². The molecule has 0 aromatic heterocycles. The van der Waals surface area contributed by atoms with Crippen LogP contribution in [0.15, 0.2) is 18.2 Å². The molecule has 142 valence electrons. The number of hydrogen-bond acceptors (Lipinski definition) is 5. The standard InChI is InChI=1S/C20H29BO5/c1-19(2)20(3,4)26-21(25-19)16-12-14(7-8-17(16)23-5)15-9-13(10-15)11-18(22)24-6/h7-8,12-13,15H,9-11H2,1-6H3/t13-,15+. The van der Waals surface area contributed by atoms with E-state index in [1.165, 1.54) is 12.7 Å². The first kappa shape index (κ1) is 19.2. The summed E-state index contributed by atoms with van der Waals surface area (Å²) in [6.45, 7) is 8.19. The second-order valence-electron chi connectivity index (χ2n) is 8.40. The molecule has 0 N–H and O–H groups in total. The normalized spacial score (nSPS) is 26.3. The number of carbonyl (C=O) groups is 1. The second-order valence-corrected chi connectivity index (χ2v) is 8.40. The van der Waals surface area contributed by atoms with Gasteiger partial charge >= 0.3 is 13.1 Å². The Balaban J connectivity index is 1.76. The molecular formula is C20H29BO5. The molecule has 0 radical (unpaired) electrons. The van der Waals surface area contributed by atoms with E-state index in [4.69, 9.17) is 18.8 Å². The Labute approximate surface area is 156 Å². The molecule has 2 aliphatic rings. The van der Waals surface area contributed by atoms with Gasteiger partial charge in [-0.25, -0.2) is 0 Å². The zero-order chi connectivity index (χ0) is 19.1. The fourth-order valence-corrected chi connectivity index (χ4v) is 3.65. The van der Waals surface area contributed by atoms with E-state index >= 15 is 0 Å². The molecule has 1 aromatic carbocycles. The second kappa shape index (κ2) is 6.89. The summed E-state index contributed by atoms with van der Waals surface area (Å²) >= 11 is 0. The zero-order valence-corrected chi connectivity index (χ0v) is 16.6. The van der Waals surface area contributed by atoms with Crippen molar-refractivity contribution in [3.05, 3.63) is 23.8 Å². The highest BCUT2D eigenvalue weighted by molar-refractivity contribution is 6.63. The van der Waals surface area contributed by atoms with E-state index in [0.29, 0.717) is 18.3 Å². The summed E-state index contributed by atoms with van der Waals surface area (Å²) in [7, 11) is 2.67. The van der Waals surface area contributed by atoms with Gasteiger partial charge in [-0.15, -0.1) is 0 Å². The van der Waals surface area contributed by atoms with Crippen LogP contribution in [0.1, 0.15) is 58.4 Å². The molecule has 6 heteroatoms. The third-order valence-corrected chi connectivity index (χ3v) is 6.15. The third-order valence-electron chi connectivity index (χ3n) is 6.15. The average Bonchev–Trinajstić information content (AvgIpc) is 2.77. The summed E-state index contributed by atoms with van der Waals surface area (Å²) < 4.78 is 22.7. The highest BCUT2D eigenvalue weighted by atomic mass is 16.7. The van der Waals surface area contributed by atoms with Gasteiger partial charge in [0.15, 0.2) is 0 Å². The van der Waals surface area contributed by atoms with E-state index in [1.807, 2.05) is 33.8 Å². The van der Waals surface area contributed by atoms with Gasteiger partial charge in [-0.1, -0.05) is 12.1 Å². The maximum Gasteiger partial charge on any atom is 0.498 e. The number of esters is 1. The van der Waals surface area contributed by atoms with Crippen molar-refractivity contribution < 1.29 is 23.6 Å². The molecule has 1 aliphatic carbocycles. The van der Waals surface area contributed by atoms with Crippen LogP contribution in [-0.4, -0.2) is 38.5 Å². The van der Waals surface area contributed by atoms with Crippen molar-refractivity contribution in [1.82, 2.24) is 0 Å². The van der Waals surface area contributed by atoms with Crippen molar-refractivity contribution in [1.29, 1.82) is 0 Å². The van der Waals surface area contributed by atoms with Crippen LogP contribution in [0.2, 0.25) is 0 Å². The van der Waals surface area contributed by atoms with Crippen molar-refractivity contribution in [2.75, 3.05) is 14.2 Å². The van der Waals surface area contributed by atoms with Crippen molar-refractivity contribution in [2.45, 2.75) is 64.1 Å². The molecule has 0 atom stereocenters. The van der Waals surface area contributed by atoms with Crippen LogP contribution in [0.3, 0.4) is 0 Å². The van der Waals surface area contributed by atoms with E-state index in [1.54, 1.807) is 7.11 Å². The summed E-state index contributed by atoms with van der Waals surface area (Å²) in [6.07, 6.45) is 2.52. The largest absolute Gasteiger partial charge is 0.498 e.